The van der Waals surface area contributed by atoms with E-state index in [0.29, 0.717) is 5.76 Å². The highest BCUT2D eigenvalue weighted by molar-refractivity contribution is 5.79. The summed E-state index contributed by atoms with van der Waals surface area (Å²) < 4.78 is 7.50. The maximum atomic E-state index is 12.4. The van der Waals surface area contributed by atoms with E-state index in [9.17, 15) is 20.1 Å². The van der Waals surface area contributed by atoms with Gasteiger partial charge in [0.25, 0.3) is 0 Å². The summed E-state index contributed by atoms with van der Waals surface area (Å²) in [6, 6.07) is 6.52. The van der Waals surface area contributed by atoms with Gasteiger partial charge >= 0.3 is 0 Å². The van der Waals surface area contributed by atoms with Gasteiger partial charge in [-0.05, 0) is 19.1 Å². The second-order valence-electron chi connectivity index (χ2n) is 7.45. The highest BCUT2D eigenvalue weighted by atomic mass is 16.5. The van der Waals surface area contributed by atoms with E-state index >= 15 is 0 Å². The normalized spacial score (nSPS) is 24.5. The molecule has 2 heterocycles. The molecule has 0 spiro atoms. The summed E-state index contributed by atoms with van der Waals surface area (Å²) in [4.78, 5) is 12.4. The zero-order valence-corrected chi connectivity index (χ0v) is 16.2. The van der Waals surface area contributed by atoms with Gasteiger partial charge in [-0.25, -0.2) is 0 Å². The van der Waals surface area contributed by atoms with Crippen molar-refractivity contribution in [1.82, 2.24) is 15.1 Å². The molecule has 3 rings (SSSR count). The molecular formula is C20H27N3O5. The SMILES string of the molecule is CC1=C[C@H](n2cc3ccccc3n2)[C@@H](NC(=O)C(C)C)[C@H]([C@H](O)[C@H](O)CO)O1. The van der Waals surface area contributed by atoms with Crippen molar-refractivity contribution < 1.29 is 24.9 Å². The summed E-state index contributed by atoms with van der Waals surface area (Å²) in [5.41, 5.74) is 0.807. The van der Waals surface area contributed by atoms with Crippen LogP contribution in [-0.2, 0) is 9.53 Å². The number of nitrogens with one attached hydrogen (secondary N) is 1. The number of carbonyl (C=O) groups excluding carboxylic acids is 1. The van der Waals surface area contributed by atoms with Gasteiger partial charge in [0.05, 0.1) is 30.0 Å². The maximum Gasteiger partial charge on any atom is 0.222 e. The number of fused-ring (bicyclic) bond motifs is 1. The standard InChI is InChI=1S/C20H27N3O5/c1-11(2)20(27)21-17-15(23-9-13-6-4-5-7-14(13)22-23)8-12(3)28-19(17)18(26)16(25)10-24/h4-9,11,15-19,24-26H,10H2,1-3H3,(H,21,27)/t15-,16+,17+,18+,19+/m0/s1. The van der Waals surface area contributed by atoms with Gasteiger partial charge in [-0.15, -0.1) is 0 Å². The lowest BCUT2D eigenvalue weighted by molar-refractivity contribution is -0.132. The lowest BCUT2D eigenvalue weighted by Gasteiger charge is -2.40. The Morgan fingerprint density at radius 1 is 1.32 bits per heavy atom. The van der Waals surface area contributed by atoms with Gasteiger partial charge in [-0.1, -0.05) is 32.0 Å². The van der Waals surface area contributed by atoms with Gasteiger partial charge in [0.2, 0.25) is 5.91 Å². The first-order chi connectivity index (χ1) is 13.3. The fourth-order valence-electron chi connectivity index (χ4n) is 3.35. The van der Waals surface area contributed by atoms with E-state index in [2.05, 4.69) is 10.4 Å². The summed E-state index contributed by atoms with van der Waals surface area (Å²) in [6.07, 6.45) is -0.0428. The molecule has 1 aliphatic heterocycles. The number of allylic oxidation sites excluding steroid dienone is 1. The van der Waals surface area contributed by atoms with Crippen LogP contribution in [0.4, 0.5) is 0 Å². The molecule has 0 unspecified atom stereocenters. The van der Waals surface area contributed by atoms with E-state index in [4.69, 9.17) is 4.74 Å². The van der Waals surface area contributed by atoms with E-state index in [-0.39, 0.29) is 11.8 Å². The molecule has 28 heavy (non-hydrogen) atoms. The summed E-state index contributed by atoms with van der Waals surface area (Å²) in [5, 5.41) is 38.2. The first-order valence-corrected chi connectivity index (χ1v) is 9.38. The van der Waals surface area contributed by atoms with Crippen LogP contribution in [0.2, 0.25) is 0 Å². The van der Waals surface area contributed by atoms with Gasteiger partial charge in [0.1, 0.15) is 18.3 Å². The van der Waals surface area contributed by atoms with Crippen molar-refractivity contribution in [1.29, 1.82) is 0 Å². The third-order valence-electron chi connectivity index (χ3n) is 4.94. The predicted molar refractivity (Wildman–Crippen MR) is 103 cm³/mol. The van der Waals surface area contributed by atoms with E-state index in [0.717, 1.165) is 10.9 Å². The van der Waals surface area contributed by atoms with Crippen molar-refractivity contribution in [3.05, 3.63) is 42.3 Å². The Morgan fingerprint density at radius 3 is 2.68 bits per heavy atom. The number of aromatic nitrogens is 2. The summed E-state index contributed by atoms with van der Waals surface area (Å²) in [6.45, 7) is 4.66. The molecule has 8 nitrogen and oxygen atoms in total. The van der Waals surface area contributed by atoms with Gasteiger partial charge in [0, 0.05) is 17.5 Å². The predicted octanol–water partition coefficient (Wildman–Crippen LogP) is 0.735. The Hall–Kier alpha value is -2.42. The minimum atomic E-state index is -1.40. The maximum absolute atomic E-state index is 12.4. The van der Waals surface area contributed by atoms with Crippen LogP contribution in [0.1, 0.15) is 26.8 Å². The number of amides is 1. The van der Waals surface area contributed by atoms with Crippen LogP contribution in [-0.4, -0.2) is 62.0 Å². The van der Waals surface area contributed by atoms with Crippen LogP contribution in [0.5, 0.6) is 0 Å². The van der Waals surface area contributed by atoms with Gasteiger partial charge < -0.3 is 25.4 Å². The molecule has 0 aliphatic carbocycles. The Labute approximate surface area is 163 Å². The minimum absolute atomic E-state index is 0.209. The lowest BCUT2D eigenvalue weighted by Crippen LogP contribution is -2.58. The third-order valence-corrected chi connectivity index (χ3v) is 4.94. The highest BCUT2D eigenvalue weighted by Crippen LogP contribution is 2.30. The molecular weight excluding hydrogens is 362 g/mol. The molecule has 0 bridgehead atoms. The Bertz CT molecular complexity index is 829. The van der Waals surface area contributed by atoms with Gasteiger partial charge in [-0.2, -0.15) is 5.10 Å². The topological polar surface area (TPSA) is 117 Å². The number of rotatable bonds is 6. The first kappa shape index (κ1) is 20.3. The Kier molecular flexibility index (Phi) is 6.02. The van der Waals surface area contributed by atoms with Crippen LogP contribution in [0.3, 0.4) is 0 Å². The molecule has 2 aromatic rings. The summed E-state index contributed by atoms with van der Waals surface area (Å²) >= 11 is 0. The zero-order chi connectivity index (χ0) is 20.4. The molecule has 0 saturated heterocycles. The van der Waals surface area contributed by atoms with E-state index in [1.165, 1.54) is 0 Å². The lowest BCUT2D eigenvalue weighted by atomic mass is 9.92. The van der Waals surface area contributed by atoms with Crippen molar-refractivity contribution in [2.75, 3.05) is 6.61 Å². The first-order valence-electron chi connectivity index (χ1n) is 9.38. The molecule has 0 radical (unpaired) electrons. The number of nitrogens with zero attached hydrogens (tertiary/aromatic N) is 2. The van der Waals surface area contributed by atoms with Gasteiger partial charge in [-0.3, -0.25) is 9.48 Å². The average molecular weight is 389 g/mol. The quantitative estimate of drug-likeness (QED) is 0.579. The average Bonchev–Trinajstić information content (AvgIpc) is 3.11. The van der Waals surface area contributed by atoms with Crippen LogP contribution >= 0.6 is 0 Å². The Morgan fingerprint density at radius 2 is 2.04 bits per heavy atom. The smallest absolute Gasteiger partial charge is 0.222 e. The highest BCUT2D eigenvalue weighted by Gasteiger charge is 2.43. The monoisotopic (exact) mass is 389 g/mol. The molecule has 1 aromatic carbocycles. The second kappa shape index (κ2) is 8.30. The molecule has 5 atom stereocenters. The number of hydrogen-bond donors (Lipinski definition) is 4. The van der Waals surface area contributed by atoms with E-state index in [1.807, 2.05) is 36.5 Å². The molecule has 1 aromatic heterocycles. The fourth-order valence-corrected chi connectivity index (χ4v) is 3.35. The minimum Gasteiger partial charge on any atom is -0.490 e. The molecule has 1 aliphatic rings. The fraction of sp³-hybridized carbons (Fsp3) is 0.500. The number of hydrogen-bond acceptors (Lipinski definition) is 6. The van der Waals surface area contributed by atoms with Crippen molar-refractivity contribution in [2.45, 2.75) is 51.2 Å². The summed E-state index contributed by atoms with van der Waals surface area (Å²) in [7, 11) is 0. The number of benzene rings is 1. The number of aliphatic hydroxyl groups is 3. The molecule has 0 saturated carbocycles. The van der Waals surface area contributed by atoms with Crippen LogP contribution < -0.4 is 5.32 Å². The molecule has 152 valence electrons. The van der Waals surface area contributed by atoms with Crippen LogP contribution in [0.25, 0.3) is 10.9 Å². The van der Waals surface area contributed by atoms with E-state index < -0.39 is 37.0 Å². The van der Waals surface area contributed by atoms with E-state index in [1.54, 1.807) is 25.5 Å². The molecule has 0 fully saturated rings. The second-order valence-corrected chi connectivity index (χ2v) is 7.45. The van der Waals surface area contributed by atoms with Crippen molar-refractivity contribution >= 4 is 16.8 Å². The van der Waals surface area contributed by atoms with Crippen LogP contribution in [0.15, 0.2) is 42.3 Å². The van der Waals surface area contributed by atoms with Gasteiger partial charge in [0.15, 0.2) is 0 Å². The summed E-state index contributed by atoms with van der Waals surface area (Å²) in [5.74, 6) is 0.0534. The largest absolute Gasteiger partial charge is 0.490 e. The van der Waals surface area contributed by atoms with Crippen LogP contribution in [0, 0.1) is 5.92 Å². The zero-order valence-electron chi connectivity index (χ0n) is 16.2. The third kappa shape index (κ3) is 4.04. The molecule has 4 N–H and O–H groups in total. The number of ether oxygens (including phenoxy) is 1. The number of carbonyl (C=O) groups is 1. The van der Waals surface area contributed by atoms with Crippen molar-refractivity contribution in [2.24, 2.45) is 5.92 Å². The molecule has 8 heteroatoms. The van der Waals surface area contributed by atoms with Crippen molar-refractivity contribution in [3.8, 4) is 0 Å². The Balaban J connectivity index is 2.02. The van der Waals surface area contributed by atoms with Crippen molar-refractivity contribution in [3.63, 3.8) is 0 Å². The molecule has 1 amide bonds. The number of aliphatic hydroxyl groups excluding tert-OH is 3.